The first kappa shape index (κ1) is 79.9. The van der Waals surface area contributed by atoms with E-state index in [0.717, 1.165) is 140 Å². The average Bonchev–Trinajstić information content (AvgIpc) is 1.70. The molecule has 29 heteroatoms. The van der Waals surface area contributed by atoms with E-state index in [4.69, 9.17) is 39.9 Å². The Balaban J connectivity index is 0.000000582. The van der Waals surface area contributed by atoms with Gasteiger partial charge in [0.2, 0.25) is 0 Å². The number of nitrogen functional groups attached to an aromatic ring is 2. The number of rotatable bonds is 29. The third-order valence-electron chi connectivity index (χ3n) is 12.9. The molecule has 0 aliphatic heterocycles. The standard InChI is InChI=1S/C21H31N4O4P.C16H20N4O.C9H23N2O2P.C5H12O.C4H3F3N2O3S.C2H6.CH4/c1-4-6-11-18-24-19-20(16-9-7-8-10-17(16)23-21(19)22)25(18)12-13-28-30(26,27)29-14-15(3)5-2;1-2-3-8-13-19-14-15(20(13)9-10-21)11-6-4-5-7-12(11)18-16(14)17;1-5-9(3)7-13-14(10-4)11-8-12-6-2;1-3-5(2)4-6;5-4(6,7)13(10,11)12-9-2-1-8-3-9;1-2;/h7-10,15H,4-6,11-14H2,1-3H3,(H2,22,23)(H,26,27);4-7,21H,2-3,8-10H2,1H3,(H2,17,18);9-11H,5-8H2,1-4H3;5-6H,3-4H2,1-2H3;1-3H;1-2H3;1H4/t15-;;9-,14?;5-;;;/m1.11.../s1. The molecule has 0 bridgehead atoms. The number of aryl methyl sites for hydroxylation is 2. The molecule has 2 aromatic carbocycles. The van der Waals surface area contributed by atoms with Gasteiger partial charge in [-0.15, -0.1) is 0 Å². The van der Waals surface area contributed by atoms with Gasteiger partial charge in [0.15, 0.2) is 20.1 Å². The Morgan fingerprint density at radius 1 is 0.747 bits per heavy atom. The molecule has 87 heavy (non-hydrogen) atoms. The van der Waals surface area contributed by atoms with Crippen molar-refractivity contribution in [3.05, 3.63) is 78.9 Å². The Hall–Kier alpha value is -5.15. The summed E-state index contributed by atoms with van der Waals surface area (Å²) in [5, 5.41) is 26.0. The maximum atomic E-state index is 12.2. The molecule has 0 aliphatic carbocycles. The molecule has 0 fully saturated rings. The van der Waals surface area contributed by atoms with Gasteiger partial charge in [0, 0.05) is 56.1 Å². The Morgan fingerprint density at radius 3 is 1.66 bits per heavy atom. The van der Waals surface area contributed by atoms with E-state index in [9.17, 15) is 36.2 Å². The number of aromatic nitrogens is 8. The second kappa shape index (κ2) is 42.0. The minimum absolute atomic E-state index is 0. The van der Waals surface area contributed by atoms with Crippen LogP contribution < -0.4 is 25.9 Å². The predicted octanol–water partition coefficient (Wildman–Crippen LogP) is 12.1. The number of para-hydroxylation sites is 2. The second-order valence-electron chi connectivity index (χ2n) is 19.5. The average molecular weight is 1290 g/mol. The fourth-order valence-corrected chi connectivity index (χ4v) is 9.58. The van der Waals surface area contributed by atoms with Gasteiger partial charge in [0.25, 0.3) is 0 Å². The number of aliphatic hydroxyl groups is 2. The van der Waals surface area contributed by atoms with Crippen LogP contribution in [0.4, 0.5) is 24.8 Å². The predicted molar refractivity (Wildman–Crippen MR) is 344 cm³/mol. The number of halogens is 3. The van der Waals surface area contributed by atoms with Crippen LogP contribution in [0.3, 0.4) is 0 Å². The van der Waals surface area contributed by atoms with Crippen molar-refractivity contribution in [2.45, 2.75) is 160 Å². The number of phosphoric ester groups is 1. The Morgan fingerprint density at radius 2 is 1.24 bits per heavy atom. The molecule has 9 N–H and O–H groups in total. The normalized spacial score (nSPS) is 13.4. The van der Waals surface area contributed by atoms with Crippen LogP contribution in [-0.2, 0) is 58.9 Å². The molecule has 7 rings (SSSR count). The second-order valence-corrected chi connectivity index (χ2v) is 24.1. The van der Waals surface area contributed by atoms with Gasteiger partial charge in [-0.1, -0.05) is 145 Å². The summed E-state index contributed by atoms with van der Waals surface area (Å²) >= 11 is 0. The van der Waals surface area contributed by atoms with Gasteiger partial charge in [-0.05, 0) is 56.7 Å². The third kappa shape index (κ3) is 26.5. The molecule has 0 saturated carbocycles. The highest BCUT2D eigenvalue weighted by Crippen LogP contribution is 2.44. The molecule has 0 amide bonds. The van der Waals surface area contributed by atoms with Crippen molar-refractivity contribution < 1.29 is 63.9 Å². The van der Waals surface area contributed by atoms with Crippen LogP contribution in [0.25, 0.3) is 43.9 Å². The summed E-state index contributed by atoms with van der Waals surface area (Å²) in [6.07, 6.45) is 11.7. The molecule has 0 radical (unpaired) electrons. The van der Waals surface area contributed by atoms with E-state index in [1.807, 2.05) is 102 Å². The smallest absolute Gasteiger partial charge is 0.396 e. The molecular weight excluding hydrogens is 1190 g/mol. The number of pyridine rings is 2. The van der Waals surface area contributed by atoms with E-state index in [-0.39, 0.29) is 33.2 Å². The van der Waals surface area contributed by atoms with Crippen molar-refractivity contribution >= 4 is 81.9 Å². The van der Waals surface area contributed by atoms with Crippen molar-refractivity contribution in [2.75, 3.05) is 64.9 Å². The molecule has 494 valence electrons. The number of hydrogen-bond donors (Lipinski definition) is 7. The van der Waals surface area contributed by atoms with Crippen molar-refractivity contribution in [3.63, 3.8) is 0 Å². The fraction of sp³-hybridized carbons (Fsp3) is 0.603. The van der Waals surface area contributed by atoms with Crippen LogP contribution in [0.15, 0.2) is 67.3 Å². The number of alkyl halides is 3. The molecule has 5 atom stereocenters. The molecule has 0 aliphatic rings. The Bertz CT molecular complexity index is 3160. The van der Waals surface area contributed by atoms with Gasteiger partial charge in [0.05, 0.1) is 54.7 Å². The number of hydrogen-bond acceptors (Lipinski definition) is 19. The molecule has 0 saturated heterocycles. The highest BCUT2D eigenvalue weighted by Gasteiger charge is 2.49. The van der Waals surface area contributed by atoms with E-state index in [1.54, 1.807) is 0 Å². The molecule has 0 spiro atoms. The summed E-state index contributed by atoms with van der Waals surface area (Å²) in [5.74, 6) is 3.98. The van der Waals surface area contributed by atoms with Crippen molar-refractivity contribution in [3.8, 4) is 0 Å². The van der Waals surface area contributed by atoms with Crippen molar-refractivity contribution in [1.29, 1.82) is 0 Å². The summed E-state index contributed by atoms with van der Waals surface area (Å²) in [5.41, 5.74) is 11.7. The van der Waals surface area contributed by atoms with Crippen LogP contribution in [0.5, 0.6) is 0 Å². The van der Waals surface area contributed by atoms with Crippen molar-refractivity contribution in [1.82, 2.24) is 49.0 Å². The molecule has 5 heterocycles. The lowest BCUT2D eigenvalue weighted by molar-refractivity contribution is -0.0547. The minimum atomic E-state index is -5.60. The van der Waals surface area contributed by atoms with Crippen LogP contribution in [0.2, 0.25) is 0 Å². The van der Waals surface area contributed by atoms with Crippen LogP contribution in [0, 0.1) is 17.8 Å². The zero-order chi connectivity index (χ0) is 64.5. The van der Waals surface area contributed by atoms with Gasteiger partial charge < -0.3 is 45.0 Å². The number of benzene rings is 2. The fourth-order valence-electron chi connectivity index (χ4n) is 7.36. The number of nitrogens with one attached hydrogen (secondary N) is 2. The maximum Gasteiger partial charge on any atom is 0.536 e. The summed E-state index contributed by atoms with van der Waals surface area (Å²) < 4.78 is 97.1. The van der Waals surface area contributed by atoms with Crippen molar-refractivity contribution in [2.24, 2.45) is 17.8 Å². The largest absolute Gasteiger partial charge is 0.536 e. The molecular formula is C58H99F3N12O11P2S. The van der Waals surface area contributed by atoms with Crippen LogP contribution >= 0.6 is 16.3 Å². The van der Waals surface area contributed by atoms with E-state index < -0.39 is 31.9 Å². The monoisotopic (exact) mass is 1290 g/mol. The number of fused-ring (bicyclic) bond motifs is 6. The van der Waals surface area contributed by atoms with E-state index >= 15 is 0 Å². The van der Waals surface area contributed by atoms with E-state index in [2.05, 4.69) is 73.6 Å². The Labute approximate surface area is 514 Å². The lowest BCUT2D eigenvalue weighted by Gasteiger charge is -2.19. The number of imidazole rings is 3. The SMILES string of the molecule is C.CC.CCCCc1nc2c(N)nc3ccccc3c2n1CCO.CCCCc1nc2c(N)nc3ccccc3c2n1CCOP(=O)(O)OC[C@H](C)CC.CCOCNP(NC)OC[C@H](C)CC.CC[C@@H](C)CO.O=S(=O)(On1ccnc1)C(F)(F)F. The lowest BCUT2D eigenvalue weighted by atomic mass is 10.1. The topological polar surface area (TPSA) is 313 Å². The molecule has 2 unspecified atom stereocenters. The molecule has 23 nitrogen and oxygen atoms in total. The quantitative estimate of drug-likeness (QED) is 0.00991. The Kier molecular flexibility index (Phi) is 38.5. The number of phosphoric acid groups is 1. The van der Waals surface area contributed by atoms with Gasteiger partial charge in [-0.25, -0.2) is 34.6 Å². The first-order valence-electron chi connectivity index (χ1n) is 29.3. The summed E-state index contributed by atoms with van der Waals surface area (Å²) in [7, 11) is -8.54. The zero-order valence-electron chi connectivity index (χ0n) is 52.1. The summed E-state index contributed by atoms with van der Waals surface area (Å²) in [4.78, 5) is 31.6. The number of unbranched alkanes of at least 4 members (excludes halogenated alkanes) is 2. The number of nitrogens with two attached hydrogens (primary N) is 2. The number of anilines is 2. The summed E-state index contributed by atoms with van der Waals surface area (Å²) in [6.45, 7) is 26.3. The van der Waals surface area contributed by atoms with Gasteiger partial charge in [-0.2, -0.15) is 26.3 Å². The zero-order valence-corrected chi connectivity index (χ0v) is 54.7. The molecule has 7 aromatic rings. The van der Waals surface area contributed by atoms with Gasteiger partial charge in [-0.3, -0.25) is 18.4 Å². The van der Waals surface area contributed by atoms with Crippen LogP contribution in [-0.4, -0.2) is 121 Å². The maximum absolute atomic E-state index is 12.2. The third-order valence-corrected chi connectivity index (χ3v) is 16.0. The highest BCUT2D eigenvalue weighted by molar-refractivity contribution is 7.87. The number of nitrogens with zero attached hydrogens (tertiary/aromatic N) is 8. The van der Waals surface area contributed by atoms with Gasteiger partial charge >= 0.3 is 23.4 Å². The first-order valence-corrected chi connectivity index (χ1v) is 33.5. The first-order chi connectivity index (χ1) is 41.0. The molecule has 5 aromatic heterocycles. The van der Waals surface area contributed by atoms with E-state index in [0.29, 0.717) is 60.1 Å². The van der Waals surface area contributed by atoms with E-state index in [1.165, 1.54) is 0 Å². The minimum Gasteiger partial charge on any atom is -0.396 e. The van der Waals surface area contributed by atoms with Crippen LogP contribution in [0.1, 0.15) is 140 Å². The summed E-state index contributed by atoms with van der Waals surface area (Å²) in [6, 6.07) is 15.7. The highest BCUT2D eigenvalue weighted by atomic mass is 32.2. The lowest BCUT2D eigenvalue weighted by Crippen LogP contribution is -2.32. The number of ether oxygens (including phenoxy) is 1. The van der Waals surface area contributed by atoms with Gasteiger partial charge in [0.1, 0.15) is 35.7 Å². The number of aliphatic hydroxyl groups excluding tert-OH is 2.